The van der Waals surface area contributed by atoms with Crippen LogP contribution in [0.15, 0.2) is 81.6 Å². The Kier molecular flexibility index (Phi) is 8.48. The maximum atomic E-state index is 13.4. The molecule has 5 rings (SSSR count). The second-order valence-corrected chi connectivity index (χ2v) is 11.3. The van der Waals surface area contributed by atoms with Crippen LogP contribution in [-0.4, -0.2) is 34.3 Å². The topological polar surface area (TPSA) is 131 Å². The van der Waals surface area contributed by atoms with Gasteiger partial charge in [-0.15, -0.1) is 10.2 Å². The van der Waals surface area contributed by atoms with E-state index in [-0.39, 0.29) is 28.9 Å². The number of nitrogens with zero attached hydrogens (tertiary/aromatic N) is 4. The molecule has 11 heteroatoms. The molecule has 0 amide bonds. The predicted molar refractivity (Wildman–Crippen MR) is 152 cm³/mol. The normalized spacial score (nSPS) is 16.9. The molecule has 40 heavy (non-hydrogen) atoms. The highest BCUT2D eigenvalue weighted by Crippen LogP contribution is 2.47. The lowest BCUT2D eigenvalue weighted by Crippen LogP contribution is -2.38. The molecular weight excluding hydrogens is 546 g/mol. The molecule has 2 aromatic carbocycles. The van der Waals surface area contributed by atoms with E-state index in [9.17, 15) is 14.9 Å². The number of aromatic nitrogens is 2. The van der Waals surface area contributed by atoms with Gasteiger partial charge in [-0.3, -0.25) is 14.5 Å². The summed E-state index contributed by atoms with van der Waals surface area (Å²) >= 11 is 2.47. The van der Waals surface area contributed by atoms with Crippen molar-refractivity contribution < 1.29 is 19.1 Å². The van der Waals surface area contributed by atoms with Gasteiger partial charge in [0.05, 0.1) is 29.9 Å². The van der Waals surface area contributed by atoms with Crippen molar-refractivity contribution in [1.82, 2.24) is 10.2 Å². The van der Waals surface area contributed by atoms with Crippen molar-refractivity contribution in [1.29, 1.82) is 5.26 Å². The molecule has 2 N–H and O–H groups in total. The molecule has 2 heterocycles. The van der Waals surface area contributed by atoms with Gasteiger partial charge in [-0.05, 0) is 43.0 Å². The highest BCUT2D eigenvalue weighted by molar-refractivity contribution is 8.01. The molecule has 1 aliphatic carbocycles. The van der Waals surface area contributed by atoms with Gasteiger partial charge in [0.2, 0.25) is 5.13 Å². The fourth-order valence-corrected chi connectivity index (χ4v) is 6.49. The molecule has 9 nitrogen and oxygen atoms in total. The van der Waals surface area contributed by atoms with E-state index in [1.807, 2.05) is 54.6 Å². The van der Waals surface area contributed by atoms with Crippen LogP contribution in [0.2, 0.25) is 0 Å². The number of carbonyl (C=O) groups is 2. The number of ketones is 1. The first-order valence-corrected chi connectivity index (χ1v) is 14.6. The van der Waals surface area contributed by atoms with E-state index in [0.717, 1.165) is 16.8 Å². The molecule has 1 aromatic heterocycles. The molecule has 2 aliphatic rings. The molecular formula is C29H27N5O4S2. The number of ether oxygens (including phenoxy) is 2. The monoisotopic (exact) mass is 573 g/mol. The Morgan fingerprint density at radius 1 is 1.18 bits per heavy atom. The van der Waals surface area contributed by atoms with Crippen LogP contribution < -0.4 is 15.4 Å². The van der Waals surface area contributed by atoms with Crippen LogP contribution in [0, 0.1) is 11.3 Å². The molecule has 1 unspecified atom stereocenters. The summed E-state index contributed by atoms with van der Waals surface area (Å²) < 4.78 is 11.5. The van der Waals surface area contributed by atoms with Crippen LogP contribution >= 0.6 is 23.1 Å². The Balaban J connectivity index is 1.44. The predicted octanol–water partition coefficient (Wildman–Crippen LogP) is 5.08. The van der Waals surface area contributed by atoms with Gasteiger partial charge in [0.15, 0.2) is 10.1 Å². The Morgan fingerprint density at radius 3 is 2.67 bits per heavy atom. The SMILES string of the molecule is CCOC(=O)CSc1nnc(N2C(N)=C(C#N)C(c3ccc(OCc4ccccc4)cc3)C3=C2CCCC3=O)s1. The number of hydrogen-bond acceptors (Lipinski definition) is 11. The van der Waals surface area contributed by atoms with E-state index in [4.69, 9.17) is 15.2 Å². The van der Waals surface area contributed by atoms with Crippen LogP contribution in [0.25, 0.3) is 0 Å². The highest BCUT2D eigenvalue weighted by Gasteiger charge is 2.41. The minimum absolute atomic E-state index is 0.0117. The van der Waals surface area contributed by atoms with E-state index in [1.54, 1.807) is 11.8 Å². The highest BCUT2D eigenvalue weighted by atomic mass is 32.2. The first-order valence-electron chi connectivity index (χ1n) is 12.8. The van der Waals surface area contributed by atoms with Gasteiger partial charge in [0.1, 0.15) is 18.2 Å². The number of benzene rings is 2. The number of carbonyl (C=O) groups excluding carboxylic acids is 2. The molecule has 3 aromatic rings. The summed E-state index contributed by atoms with van der Waals surface area (Å²) in [4.78, 5) is 26.8. The summed E-state index contributed by atoms with van der Waals surface area (Å²) in [5.41, 5.74) is 10.1. The molecule has 1 atom stereocenters. The number of rotatable bonds is 9. The minimum Gasteiger partial charge on any atom is -0.489 e. The zero-order chi connectivity index (χ0) is 28.1. The average Bonchev–Trinajstić information content (AvgIpc) is 3.44. The summed E-state index contributed by atoms with van der Waals surface area (Å²) in [6.45, 7) is 2.50. The van der Waals surface area contributed by atoms with Gasteiger partial charge in [0.25, 0.3) is 0 Å². The molecule has 0 fully saturated rings. The third-order valence-electron chi connectivity index (χ3n) is 6.58. The van der Waals surface area contributed by atoms with Crippen molar-refractivity contribution >= 4 is 40.0 Å². The average molecular weight is 574 g/mol. The Hall–Kier alpha value is -4.14. The lowest BCUT2D eigenvalue weighted by Gasteiger charge is -2.38. The quantitative estimate of drug-likeness (QED) is 0.273. The van der Waals surface area contributed by atoms with Crippen molar-refractivity contribution in [2.75, 3.05) is 17.3 Å². The number of Topliss-reactive ketones (excluding diaryl/α,β-unsaturated/α-hetero) is 1. The number of thioether (sulfide) groups is 1. The van der Waals surface area contributed by atoms with Crippen LogP contribution in [0.3, 0.4) is 0 Å². The van der Waals surface area contributed by atoms with Crippen molar-refractivity contribution in [3.8, 4) is 11.8 Å². The zero-order valence-electron chi connectivity index (χ0n) is 21.8. The zero-order valence-corrected chi connectivity index (χ0v) is 23.5. The summed E-state index contributed by atoms with van der Waals surface area (Å²) in [6, 6.07) is 19.6. The van der Waals surface area contributed by atoms with E-state index in [2.05, 4.69) is 16.3 Å². The second-order valence-electron chi connectivity index (χ2n) is 9.10. The summed E-state index contributed by atoms with van der Waals surface area (Å²) in [5, 5.41) is 19.2. The van der Waals surface area contributed by atoms with Gasteiger partial charge >= 0.3 is 5.97 Å². The van der Waals surface area contributed by atoms with Gasteiger partial charge in [-0.1, -0.05) is 65.6 Å². The van der Waals surface area contributed by atoms with Crippen LogP contribution in [0.5, 0.6) is 5.75 Å². The largest absolute Gasteiger partial charge is 0.489 e. The number of nitrogens with two attached hydrogens (primary N) is 1. The maximum absolute atomic E-state index is 13.4. The Morgan fingerprint density at radius 2 is 1.95 bits per heavy atom. The number of nitriles is 1. The number of anilines is 1. The van der Waals surface area contributed by atoms with E-state index in [0.29, 0.717) is 53.3 Å². The number of allylic oxidation sites excluding steroid dienone is 3. The molecule has 0 radical (unpaired) electrons. The Labute approximate surface area is 240 Å². The van der Waals surface area contributed by atoms with Crippen LogP contribution in [-0.2, 0) is 20.9 Å². The first kappa shape index (κ1) is 27.4. The third-order valence-corrected chi connectivity index (χ3v) is 8.60. The van der Waals surface area contributed by atoms with Gasteiger partial charge in [0, 0.05) is 17.7 Å². The molecule has 0 bridgehead atoms. The molecule has 0 spiro atoms. The maximum Gasteiger partial charge on any atom is 0.316 e. The van der Waals surface area contributed by atoms with Crippen LogP contribution in [0.4, 0.5) is 5.13 Å². The number of hydrogen-bond donors (Lipinski definition) is 1. The van der Waals surface area contributed by atoms with Gasteiger partial charge in [-0.25, -0.2) is 0 Å². The molecule has 204 valence electrons. The first-order chi connectivity index (χ1) is 19.5. The van der Waals surface area contributed by atoms with Crippen LogP contribution in [0.1, 0.15) is 43.2 Å². The summed E-state index contributed by atoms with van der Waals surface area (Å²) in [7, 11) is 0. The molecule has 0 saturated carbocycles. The standard InChI is InChI=1S/C29H27N5O4S2/c1-2-37-24(36)17-39-29-33-32-28(40-29)34-22-9-6-10-23(35)26(22)25(21(15-30)27(34)31)19-11-13-20(14-12-19)38-16-18-7-4-3-5-8-18/h3-5,7-8,11-14,25H,2,6,9-10,16-17,31H2,1H3. The van der Waals surface area contributed by atoms with E-state index < -0.39 is 5.92 Å². The van der Waals surface area contributed by atoms with E-state index in [1.165, 1.54) is 23.1 Å². The third kappa shape index (κ3) is 5.73. The fourth-order valence-electron chi connectivity index (χ4n) is 4.81. The van der Waals surface area contributed by atoms with Crippen molar-refractivity contribution in [3.05, 3.63) is 88.4 Å². The minimum atomic E-state index is -0.585. The smallest absolute Gasteiger partial charge is 0.316 e. The lowest BCUT2D eigenvalue weighted by molar-refractivity contribution is -0.139. The summed E-state index contributed by atoms with van der Waals surface area (Å²) in [6.07, 6.45) is 1.68. The molecule has 0 saturated heterocycles. The summed E-state index contributed by atoms with van der Waals surface area (Å²) in [5.74, 6) is 0.0853. The van der Waals surface area contributed by atoms with Gasteiger partial charge in [-0.2, -0.15) is 5.26 Å². The fraction of sp³-hybridized carbons (Fsp3) is 0.276. The van der Waals surface area contributed by atoms with Crippen molar-refractivity contribution in [2.24, 2.45) is 5.73 Å². The number of esters is 1. The van der Waals surface area contributed by atoms with Gasteiger partial charge < -0.3 is 15.2 Å². The van der Waals surface area contributed by atoms with E-state index >= 15 is 0 Å². The Bertz CT molecular complexity index is 1510. The molecule has 1 aliphatic heterocycles. The van der Waals surface area contributed by atoms with Crippen molar-refractivity contribution in [2.45, 2.75) is 43.1 Å². The van der Waals surface area contributed by atoms with Crippen molar-refractivity contribution in [3.63, 3.8) is 0 Å². The second kappa shape index (κ2) is 12.4. The lowest BCUT2D eigenvalue weighted by atomic mass is 9.76.